The third kappa shape index (κ3) is 4.22. The smallest absolute Gasteiger partial charge is 0.351 e. The SMILES string of the molecule is O=c1nc(NOCc2cccc(I)c2)ccn1[C@@H]1O[C@H](CO)[C@@H](O)[C@H]1O. The third-order valence-electron chi connectivity index (χ3n) is 3.93. The van der Waals surface area contributed by atoms with Crippen molar-refractivity contribution in [3.8, 4) is 0 Å². The molecule has 2 aromatic rings. The van der Waals surface area contributed by atoms with Crippen molar-refractivity contribution in [2.75, 3.05) is 12.1 Å². The largest absolute Gasteiger partial charge is 0.394 e. The average Bonchev–Trinajstić information content (AvgIpc) is 2.90. The molecule has 2 heterocycles. The number of hydrogen-bond donors (Lipinski definition) is 4. The van der Waals surface area contributed by atoms with Gasteiger partial charge < -0.3 is 20.1 Å². The summed E-state index contributed by atoms with van der Waals surface area (Å²) in [5.41, 5.74) is 2.86. The lowest BCUT2D eigenvalue weighted by Gasteiger charge is -2.17. The number of nitrogens with zero attached hydrogens (tertiary/aromatic N) is 2. The molecule has 0 radical (unpaired) electrons. The van der Waals surface area contributed by atoms with Gasteiger partial charge in [-0.3, -0.25) is 9.40 Å². The van der Waals surface area contributed by atoms with Crippen molar-refractivity contribution in [3.05, 3.63) is 56.1 Å². The molecule has 4 N–H and O–H groups in total. The van der Waals surface area contributed by atoms with Crippen molar-refractivity contribution < 1.29 is 24.9 Å². The highest BCUT2D eigenvalue weighted by molar-refractivity contribution is 14.1. The molecule has 9 nitrogen and oxygen atoms in total. The fourth-order valence-corrected chi connectivity index (χ4v) is 3.20. The first-order valence-electron chi connectivity index (χ1n) is 7.83. The fraction of sp³-hybridized carbons (Fsp3) is 0.375. The molecule has 0 saturated carbocycles. The molecule has 1 aromatic heterocycles. The second-order valence-electron chi connectivity index (χ2n) is 5.75. The zero-order chi connectivity index (χ0) is 18.7. The molecule has 26 heavy (non-hydrogen) atoms. The number of rotatable bonds is 6. The van der Waals surface area contributed by atoms with Crippen LogP contribution in [0.15, 0.2) is 41.3 Å². The number of aliphatic hydroxyl groups excluding tert-OH is 3. The summed E-state index contributed by atoms with van der Waals surface area (Å²) >= 11 is 2.20. The highest BCUT2D eigenvalue weighted by atomic mass is 127. The van der Waals surface area contributed by atoms with Gasteiger partial charge >= 0.3 is 5.69 Å². The number of aliphatic hydroxyl groups is 3. The molecule has 0 spiro atoms. The minimum absolute atomic E-state index is 0.198. The Kier molecular flexibility index (Phi) is 6.21. The number of nitrogens with one attached hydrogen (secondary N) is 1. The van der Waals surface area contributed by atoms with Crippen LogP contribution in [0.4, 0.5) is 5.82 Å². The van der Waals surface area contributed by atoms with Gasteiger partial charge in [-0.2, -0.15) is 4.98 Å². The Morgan fingerprint density at radius 2 is 2.12 bits per heavy atom. The Hall–Kier alpha value is -1.57. The van der Waals surface area contributed by atoms with Gasteiger partial charge in [0.15, 0.2) is 12.0 Å². The summed E-state index contributed by atoms with van der Waals surface area (Å²) < 4.78 is 7.45. The summed E-state index contributed by atoms with van der Waals surface area (Å²) in [6, 6.07) is 9.24. The number of anilines is 1. The van der Waals surface area contributed by atoms with E-state index < -0.39 is 36.8 Å². The molecule has 0 bridgehead atoms. The number of benzene rings is 1. The van der Waals surface area contributed by atoms with Gasteiger partial charge in [-0.25, -0.2) is 10.3 Å². The Morgan fingerprint density at radius 1 is 1.31 bits per heavy atom. The van der Waals surface area contributed by atoms with E-state index in [9.17, 15) is 15.0 Å². The molecule has 10 heteroatoms. The molecule has 1 aliphatic heterocycles. The predicted octanol–water partition coefficient (Wildman–Crippen LogP) is 0.00310. The number of ether oxygens (including phenoxy) is 1. The Labute approximate surface area is 162 Å². The fourth-order valence-electron chi connectivity index (χ4n) is 2.59. The second-order valence-corrected chi connectivity index (χ2v) is 7.00. The van der Waals surface area contributed by atoms with Crippen LogP contribution in [0.25, 0.3) is 0 Å². The summed E-state index contributed by atoms with van der Waals surface area (Å²) in [6.07, 6.45) is -3.35. The second kappa shape index (κ2) is 8.41. The monoisotopic (exact) mass is 475 g/mol. The van der Waals surface area contributed by atoms with Gasteiger partial charge in [0.05, 0.1) is 13.2 Å². The Bertz CT molecular complexity index is 817. The van der Waals surface area contributed by atoms with Crippen LogP contribution in [0.5, 0.6) is 0 Å². The molecule has 140 valence electrons. The zero-order valence-electron chi connectivity index (χ0n) is 13.5. The van der Waals surface area contributed by atoms with E-state index in [2.05, 4.69) is 33.1 Å². The minimum atomic E-state index is -1.35. The Balaban J connectivity index is 1.63. The minimum Gasteiger partial charge on any atom is -0.394 e. The van der Waals surface area contributed by atoms with Gasteiger partial charge in [-0.15, -0.1) is 0 Å². The molecular formula is C16H18IN3O6. The van der Waals surface area contributed by atoms with Crippen molar-refractivity contribution in [2.45, 2.75) is 31.1 Å². The first-order valence-corrected chi connectivity index (χ1v) is 8.91. The van der Waals surface area contributed by atoms with Crippen molar-refractivity contribution in [3.63, 3.8) is 0 Å². The van der Waals surface area contributed by atoms with Gasteiger partial charge in [-0.05, 0) is 46.4 Å². The summed E-state index contributed by atoms with van der Waals surface area (Å²) in [7, 11) is 0. The lowest BCUT2D eigenvalue weighted by atomic mass is 10.1. The molecule has 0 amide bonds. The van der Waals surface area contributed by atoms with Gasteiger partial charge in [0.1, 0.15) is 18.3 Å². The first kappa shape index (κ1) is 19.2. The van der Waals surface area contributed by atoms with E-state index in [0.29, 0.717) is 0 Å². The predicted molar refractivity (Wildman–Crippen MR) is 99.1 cm³/mol. The van der Waals surface area contributed by atoms with Crippen molar-refractivity contribution >= 4 is 28.4 Å². The lowest BCUT2D eigenvalue weighted by molar-refractivity contribution is -0.0549. The van der Waals surface area contributed by atoms with Gasteiger partial charge in [0.25, 0.3) is 0 Å². The van der Waals surface area contributed by atoms with Crippen LogP contribution >= 0.6 is 22.6 Å². The third-order valence-corrected chi connectivity index (χ3v) is 4.60. The molecule has 0 aliphatic carbocycles. The molecule has 3 rings (SSSR count). The summed E-state index contributed by atoms with van der Waals surface area (Å²) in [5.74, 6) is 0.198. The molecule has 1 fully saturated rings. The van der Waals surface area contributed by atoms with Crippen LogP contribution < -0.4 is 11.2 Å². The van der Waals surface area contributed by atoms with Crippen LogP contribution in [0.2, 0.25) is 0 Å². The maximum absolute atomic E-state index is 12.2. The molecular weight excluding hydrogens is 457 g/mol. The van der Waals surface area contributed by atoms with E-state index in [-0.39, 0.29) is 12.4 Å². The van der Waals surface area contributed by atoms with E-state index in [0.717, 1.165) is 13.7 Å². The summed E-state index contributed by atoms with van der Waals surface area (Å²) in [5, 5.41) is 28.9. The molecule has 0 unspecified atom stereocenters. The van der Waals surface area contributed by atoms with Crippen LogP contribution in [0, 0.1) is 3.57 Å². The van der Waals surface area contributed by atoms with Gasteiger partial charge in [0, 0.05) is 9.77 Å². The van der Waals surface area contributed by atoms with Crippen LogP contribution in [-0.4, -0.2) is 49.8 Å². The van der Waals surface area contributed by atoms with E-state index in [4.69, 9.17) is 14.7 Å². The van der Waals surface area contributed by atoms with Crippen LogP contribution in [0.3, 0.4) is 0 Å². The van der Waals surface area contributed by atoms with E-state index in [1.54, 1.807) is 0 Å². The van der Waals surface area contributed by atoms with Gasteiger partial charge in [0.2, 0.25) is 0 Å². The van der Waals surface area contributed by atoms with Crippen molar-refractivity contribution in [1.29, 1.82) is 0 Å². The standard InChI is InChI=1S/C16H18IN3O6/c17-10-3-1-2-9(6-10)8-25-19-12-4-5-20(16(24)18-12)15-14(23)13(22)11(7-21)26-15/h1-6,11,13-15,21-23H,7-8H2,(H,18,19,24)/t11-,13-,14-,15-/m1/s1. The number of halogens is 1. The molecule has 1 aliphatic rings. The lowest BCUT2D eigenvalue weighted by Crippen LogP contribution is -2.36. The topological polar surface area (TPSA) is 126 Å². The van der Waals surface area contributed by atoms with E-state index in [1.807, 2.05) is 24.3 Å². The average molecular weight is 475 g/mol. The Morgan fingerprint density at radius 3 is 2.77 bits per heavy atom. The van der Waals surface area contributed by atoms with Crippen LogP contribution in [0.1, 0.15) is 11.8 Å². The van der Waals surface area contributed by atoms with Crippen LogP contribution in [-0.2, 0) is 16.2 Å². The maximum Gasteiger partial charge on any atom is 0.351 e. The molecule has 4 atom stereocenters. The highest BCUT2D eigenvalue weighted by Crippen LogP contribution is 2.28. The highest BCUT2D eigenvalue weighted by Gasteiger charge is 2.43. The van der Waals surface area contributed by atoms with Gasteiger partial charge in [-0.1, -0.05) is 12.1 Å². The van der Waals surface area contributed by atoms with E-state index >= 15 is 0 Å². The number of hydrogen-bond acceptors (Lipinski definition) is 8. The maximum atomic E-state index is 12.2. The number of aromatic nitrogens is 2. The quantitative estimate of drug-likeness (QED) is 0.340. The zero-order valence-corrected chi connectivity index (χ0v) is 15.7. The van der Waals surface area contributed by atoms with Crippen molar-refractivity contribution in [1.82, 2.24) is 9.55 Å². The molecule has 1 aromatic carbocycles. The van der Waals surface area contributed by atoms with Crippen molar-refractivity contribution in [2.24, 2.45) is 0 Å². The summed E-state index contributed by atoms with van der Waals surface area (Å²) in [6.45, 7) is -0.181. The normalized spacial score (nSPS) is 25.4. The molecule has 1 saturated heterocycles. The first-order chi connectivity index (χ1) is 12.5. The summed E-state index contributed by atoms with van der Waals surface area (Å²) in [4.78, 5) is 21.3. The van der Waals surface area contributed by atoms with E-state index in [1.165, 1.54) is 12.3 Å².